The molecule has 0 saturated heterocycles. The summed E-state index contributed by atoms with van der Waals surface area (Å²) in [6, 6.07) is 13.2. The third-order valence-corrected chi connectivity index (χ3v) is 5.94. The van der Waals surface area contributed by atoms with Gasteiger partial charge in [0, 0.05) is 12.1 Å². The molecule has 2 aliphatic rings. The van der Waals surface area contributed by atoms with Crippen molar-refractivity contribution in [3.63, 3.8) is 0 Å². The standard InChI is InChI=1S/C21H28N3S.HI/c1-5-23(6-2)12-13-24(7-3)17-9-11-19-21(15-17)25-20-14-16(4)8-10-18(20)22-19;/h8-11,14-15H,5-7,12-13H2,1-4H3;1H/q+1;/p-1. The molecule has 1 aromatic carbocycles. The molecule has 0 bridgehead atoms. The highest BCUT2D eigenvalue weighted by Gasteiger charge is 2.11. The highest BCUT2D eigenvalue weighted by molar-refractivity contribution is 7.21. The molecule has 1 heterocycles. The molecule has 1 aliphatic heterocycles. The van der Waals surface area contributed by atoms with Crippen molar-refractivity contribution in [3.8, 4) is 10.6 Å². The predicted molar refractivity (Wildman–Crippen MR) is 109 cm³/mol. The molecule has 5 heteroatoms. The number of likely N-dealkylation sites (N-methyl/N-ethyl adjacent to an activating group) is 2. The first kappa shape index (κ1) is 21.3. The summed E-state index contributed by atoms with van der Waals surface area (Å²) in [5.41, 5.74) is 3.46. The van der Waals surface area contributed by atoms with Crippen LogP contribution in [-0.2, 0) is 0 Å². The zero-order valence-corrected chi connectivity index (χ0v) is 19.1. The maximum Gasteiger partial charge on any atom is 0.201 e. The van der Waals surface area contributed by atoms with E-state index >= 15 is 0 Å². The van der Waals surface area contributed by atoms with Gasteiger partial charge in [-0.15, -0.1) is 11.3 Å². The van der Waals surface area contributed by atoms with Gasteiger partial charge < -0.3 is 24.0 Å². The zero-order valence-electron chi connectivity index (χ0n) is 16.1. The number of aryl methyl sites for hydroxylation is 1. The molecule has 1 aliphatic carbocycles. The molecule has 0 saturated carbocycles. The smallest absolute Gasteiger partial charge is 0.201 e. The lowest BCUT2D eigenvalue weighted by atomic mass is 10.2. The van der Waals surface area contributed by atoms with Gasteiger partial charge in [-0.25, -0.2) is 9.56 Å². The molecule has 0 radical (unpaired) electrons. The number of hydrogen-bond donors (Lipinski definition) is 0. The minimum absolute atomic E-state index is 0. The molecular formula is C21H28IN3S. The Morgan fingerprint density at radius 2 is 1.81 bits per heavy atom. The number of nitrogens with zero attached hydrogens (tertiary/aromatic N) is 3. The van der Waals surface area contributed by atoms with Crippen LogP contribution in [0.15, 0.2) is 36.4 Å². The molecule has 140 valence electrons. The Hall–Kier alpha value is -1.05. The van der Waals surface area contributed by atoms with Crippen LogP contribution in [0.25, 0.3) is 20.8 Å². The van der Waals surface area contributed by atoms with E-state index in [0.29, 0.717) is 0 Å². The van der Waals surface area contributed by atoms with E-state index in [-0.39, 0.29) is 24.0 Å². The first-order chi connectivity index (χ1) is 12.1. The van der Waals surface area contributed by atoms with Crippen molar-refractivity contribution in [2.75, 3.05) is 32.7 Å². The second kappa shape index (κ2) is 9.76. The van der Waals surface area contributed by atoms with Gasteiger partial charge in [-0.3, -0.25) is 4.90 Å². The molecule has 0 atom stereocenters. The minimum atomic E-state index is 0. The first-order valence-corrected chi connectivity index (χ1v) is 10.1. The van der Waals surface area contributed by atoms with Gasteiger partial charge in [-0.2, -0.15) is 0 Å². The van der Waals surface area contributed by atoms with Crippen molar-refractivity contribution < 1.29 is 24.0 Å². The molecule has 3 nitrogen and oxygen atoms in total. The van der Waals surface area contributed by atoms with Gasteiger partial charge in [0.25, 0.3) is 0 Å². The Morgan fingerprint density at radius 3 is 2.50 bits per heavy atom. The van der Waals surface area contributed by atoms with Gasteiger partial charge >= 0.3 is 0 Å². The van der Waals surface area contributed by atoms with Crippen LogP contribution < -0.4 is 33.9 Å². The lowest BCUT2D eigenvalue weighted by Crippen LogP contribution is -3.00. The monoisotopic (exact) mass is 481 g/mol. The van der Waals surface area contributed by atoms with Gasteiger partial charge in [0.2, 0.25) is 5.36 Å². The molecular weight excluding hydrogens is 453 g/mol. The van der Waals surface area contributed by atoms with E-state index in [0.717, 1.165) is 43.9 Å². The van der Waals surface area contributed by atoms with Crippen LogP contribution in [0.2, 0.25) is 0 Å². The van der Waals surface area contributed by atoms with Crippen LogP contribution in [0.5, 0.6) is 0 Å². The number of rotatable bonds is 6. The van der Waals surface area contributed by atoms with E-state index in [4.69, 9.17) is 4.98 Å². The van der Waals surface area contributed by atoms with Gasteiger partial charge in [-0.05, 0) is 50.7 Å². The SMILES string of the molecule is CCN(CC)CC[N+](CC)=c1ccc2nc3ccc(C)cc3sc-2c1.[I-]. The molecule has 0 amide bonds. The van der Waals surface area contributed by atoms with Crippen LogP contribution in [0.1, 0.15) is 26.3 Å². The van der Waals surface area contributed by atoms with Gasteiger partial charge in [0.15, 0.2) is 6.54 Å². The Labute approximate surface area is 177 Å². The van der Waals surface area contributed by atoms with Crippen molar-refractivity contribution >= 4 is 21.6 Å². The number of hydrogen-bond acceptors (Lipinski definition) is 3. The Morgan fingerprint density at radius 1 is 1.04 bits per heavy atom. The van der Waals surface area contributed by atoms with Crippen molar-refractivity contribution in [1.82, 2.24) is 14.5 Å². The second-order valence-electron chi connectivity index (χ2n) is 6.44. The molecule has 0 aromatic heterocycles. The Balaban J connectivity index is 0.00000243. The second-order valence-corrected chi connectivity index (χ2v) is 7.53. The number of halogens is 1. The molecule has 0 fully saturated rings. The largest absolute Gasteiger partial charge is 1.00 e. The maximum absolute atomic E-state index is 4.83. The summed E-state index contributed by atoms with van der Waals surface area (Å²) >= 11 is 1.84. The maximum atomic E-state index is 4.83. The molecule has 3 rings (SSSR count). The average Bonchev–Trinajstić information content (AvgIpc) is 2.63. The summed E-state index contributed by atoms with van der Waals surface area (Å²) < 4.78 is 3.72. The van der Waals surface area contributed by atoms with Crippen LogP contribution in [0.3, 0.4) is 0 Å². The fourth-order valence-electron chi connectivity index (χ4n) is 3.19. The summed E-state index contributed by atoms with van der Waals surface area (Å²) in [6.07, 6.45) is 0. The third kappa shape index (κ3) is 4.81. The summed E-state index contributed by atoms with van der Waals surface area (Å²) in [6.45, 7) is 14.3. The van der Waals surface area contributed by atoms with Crippen molar-refractivity contribution in [3.05, 3.63) is 47.3 Å². The first-order valence-electron chi connectivity index (χ1n) is 9.26. The molecule has 26 heavy (non-hydrogen) atoms. The molecule has 1 aromatic rings. The minimum Gasteiger partial charge on any atom is -1.00 e. The fraction of sp³-hybridized carbons (Fsp3) is 0.429. The van der Waals surface area contributed by atoms with E-state index in [1.165, 1.54) is 20.5 Å². The summed E-state index contributed by atoms with van der Waals surface area (Å²) in [5.74, 6) is 0. The van der Waals surface area contributed by atoms with Crippen LogP contribution in [0, 0.1) is 6.92 Å². The van der Waals surface area contributed by atoms with Crippen LogP contribution in [-0.4, -0.2) is 42.6 Å². The highest BCUT2D eigenvalue weighted by atomic mass is 127. The summed E-state index contributed by atoms with van der Waals surface area (Å²) in [5, 5.41) is 1.30. The van der Waals surface area contributed by atoms with Gasteiger partial charge in [-0.1, -0.05) is 19.9 Å². The topological polar surface area (TPSA) is 19.1 Å². The van der Waals surface area contributed by atoms with E-state index in [1.54, 1.807) is 0 Å². The number of fused-ring (bicyclic) bond motifs is 2. The summed E-state index contributed by atoms with van der Waals surface area (Å²) in [7, 11) is 0. The van der Waals surface area contributed by atoms with Crippen molar-refractivity contribution in [2.24, 2.45) is 0 Å². The zero-order chi connectivity index (χ0) is 17.8. The number of benzene rings is 2. The average molecular weight is 481 g/mol. The Kier molecular flexibility index (Phi) is 7.98. The molecule has 0 unspecified atom stereocenters. The predicted octanol–water partition coefficient (Wildman–Crippen LogP) is 0.847. The quantitative estimate of drug-likeness (QED) is 0.296. The van der Waals surface area contributed by atoms with E-state index in [9.17, 15) is 0 Å². The van der Waals surface area contributed by atoms with E-state index in [1.807, 2.05) is 11.3 Å². The lowest BCUT2D eigenvalue weighted by molar-refractivity contribution is -0.00000529. The fourth-order valence-corrected chi connectivity index (χ4v) is 4.29. The third-order valence-electron chi connectivity index (χ3n) is 4.85. The van der Waals surface area contributed by atoms with E-state index < -0.39 is 0 Å². The highest BCUT2D eigenvalue weighted by Crippen LogP contribution is 2.29. The normalized spacial score (nSPS) is 12.5. The van der Waals surface area contributed by atoms with Gasteiger partial charge in [0.05, 0.1) is 27.3 Å². The van der Waals surface area contributed by atoms with Crippen molar-refractivity contribution in [1.29, 1.82) is 0 Å². The molecule has 0 spiro atoms. The van der Waals surface area contributed by atoms with E-state index in [2.05, 4.69) is 73.6 Å². The lowest BCUT2D eigenvalue weighted by Gasteiger charge is -2.16. The van der Waals surface area contributed by atoms with Crippen LogP contribution >= 0.6 is 11.3 Å². The Bertz CT molecular complexity index is 899. The van der Waals surface area contributed by atoms with Crippen molar-refractivity contribution in [2.45, 2.75) is 27.7 Å². The molecule has 0 N–H and O–H groups in total. The number of aromatic nitrogens is 1. The van der Waals surface area contributed by atoms with Crippen LogP contribution in [0.4, 0.5) is 0 Å². The van der Waals surface area contributed by atoms with Gasteiger partial charge in [0.1, 0.15) is 6.54 Å². The summed E-state index contributed by atoms with van der Waals surface area (Å²) in [4.78, 5) is 8.57.